The lowest BCUT2D eigenvalue weighted by atomic mass is 10.2. The Morgan fingerprint density at radius 1 is 1.00 bits per heavy atom. The van der Waals surface area contributed by atoms with Crippen LogP contribution in [0.4, 0.5) is 5.69 Å². The molecule has 4 rings (SSSR count). The van der Waals surface area contributed by atoms with Gasteiger partial charge in [0.15, 0.2) is 0 Å². The number of halogens is 1. The predicted molar refractivity (Wildman–Crippen MR) is 108 cm³/mol. The number of aryl methyl sites for hydroxylation is 1. The summed E-state index contributed by atoms with van der Waals surface area (Å²) in [6, 6.07) is 20.5. The van der Waals surface area contributed by atoms with Crippen LogP contribution in [0.15, 0.2) is 66.7 Å². The fourth-order valence-electron chi connectivity index (χ4n) is 2.82. The molecule has 0 radical (unpaired) electrons. The standard InChI is InChI=1S/C21H17ClN4O/c1-2-14-7-10-16(11-8-14)26-24-19-12-9-15(13-20(19)25-26)23-21(27)17-5-3-4-6-18(17)22/h3-13H,2H2,1H3,(H,23,27). The first-order valence-electron chi connectivity index (χ1n) is 8.66. The molecule has 1 amide bonds. The van der Waals surface area contributed by atoms with Gasteiger partial charge in [-0.2, -0.15) is 4.80 Å². The zero-order valence-corrected chi connectivity index (χ0v) is 15.4. The molecule has 0 atom stereocenters. The fourth-order valence-corrected chi connectivity index (χ4v) is 3.04. The van der Waals surface area contributed by atoms with Gasteiger partial charge in [-0.15, -0.1) is 10.2 Å². The molecule has 1 aromatic heterocycles. The van der Waals surface area contributed by atoms with Crippen molar-refractivity contribution in [3.8, 4) is 5.69 Å². The monoisotopic (exact) mass is 376 g/mol. The van der Waals surface area contributed by atoms with Crippen LogP contribution in [-0.4, -0.2) is 20.9 Å². The van der Waals surface area contributed by atoms with Crippen LogP contribution in [0.3, 0.4) is 0 Å². The van der Waals surface area contributed by atoms with Crippen LogP contribution >= 0.6 is 11.6 Å². The van der Waals surface area contributed by atoms with E-state index >= 15 is 0 Å². The number of anilines is 1. The molecule has 1 N–H and O–H groups in total. The van der Waals surface area contributed by atoms with Crippen molar-refractivity contribution < 1.29 is 4.79 Å². The van der Waals surface area contributed by atoms with E-state index in [1.165, 1.54) is 5.56 Å². The molecule has 1 heterocycles. The lowest BCUT2D eigenvalue weighted by Gasteiger charge is -2.06. The first-order chi connectivity index (χ1) is 13.1. The maximum Gasteiger partial charge on any atom is 0.257 e. The molecule has 134 valence electrons. The summed E-state index contributed by atoms with van der Waals surface area (Å²) < 4.78 is 0. The highest BCUT2D eigenvalue weighted by atomic mass is 35.5. The van der Waals surface area contributed by atoms with Crippen molar-refractivity contribution in [2.45, 2.75) is 13.3 Å². The van der Waals surface area contributed by atoms with E-state index in [4.69, 9.17) is 11.6 Å². The summed E-state index contributed by atoms with van der Waals surface area (Å²) in [6.45, 7) is 2.12. The number of hydrogen-bond donors (Lipinski definition) is 1. The lowest BCUT2D eigenvalue weighted by molar-refractivity contribution is 0.102. The van der Waals surface area contributed by atoms with Crippen molar-refractivity contribution >= 4 is 34.2 Å². The average molecular weight is 377 g/mol. The summed E-state index contributed by atoms with van der Waals surface area (Å²) in [5.74, 6) is -0.262. The topological polar surface area (TPSA) is 59.8 Å². The van der Waals surface area contributed by atoms with Gasteiger partial charge in [0.25, 0.3) is 5.91 Å². The number of benzene rings is 3. The fraction of sp³-hybridized carbons (Fsp3) is 0.0952. The van der Waals surface area contributed by atoms with E-state index in [1.807, 2.05) is 18.2 Å². The molecule has 0 saturated heterocycles. The van der Waals surface area contributed by atoms with Gasteiger partial charge in [0, 0.05) is 5.69 Å². The van der Waals surface area contributed by atoms with Crippen LogP contribution in [0.25, 0.3) is 16.7 Å². The van der Waals surface area contributed by atoms with Crippen LogP contribution in [0, 0.1) is 0 Å². The summed E-state index contributed by atoms with van der Waals surface area (Å²) in [5.41, 5.74) is 4.68. The second kappa shape index (κ2) is 7.21. The second-order valence-corrected chi connectivity index (χ2v) is 6.55. The Kier molecular flexibility index (Phi) is 4.60. The maximum atomic E-state index is 12.4. The second-order valence-electron chi connectivity index (χ2n) is 6.15. The van der Waals surface area contributed by atoms with Crippen molar-refractivity contribution in [1.29, 1.82) is 0 Å². The normalized spacial score (nSPS) is 10.9. The summed E-state index contributed by atoms with van der Waals surface area (Å²) in [7, 11) is 0. The Morgan fingerprint density at radius 3 is 2.48 bits per heavy atom. The molecule has 0 bridgehead atoms. The van der Waals surface area contributed by atoms with Crippen LogP contribution in [0.2, 0.25) is 5.02 Å². The number of carbonyl (C=O) groups excluding carboxylic acids is 1. The van der Waals surface area contributed by atoms with Crippen molar-refractivity contribution in [1.82, 2.24) is 15.0 Å². The van der Waals surface area contributed by atoms with Crippen LogP contribution in [0.5, 0.6) is 0 Å². The predicted octanol–water partition coefficient (Wildman–Crippen LogP) is 4.89. The average Bonchev–Trinajstić information content (AvgIpc) is 3.11. The minimum Gasteiger partial charge on any atom is -0.322 e. The van der Waals surface area contributed by atoms with E-state index in [-0.39, 0.29) is 5.91 Å². The summed E-state index contributed by atoms with van der Waals surface area (Å²) in [6.07, 6.45) is 0.989. The van der Waals surface area contributed by atoms with Crippen molar-refractivity contribution in [2.24, 2.45) is 0 Å². The molecule has 0 fully saturated rings. The summed E-state index contributed by atoms with van der Waals surface area (Å²) in [4.78, 5) is 14.0. The number of fused-ring (bicyclic) bond motifs is 1. The number of carbonyl (C=O) groups is 1. The van der Waals surface area contributed by atoms with Crippen LogP contribution in [0.1, 0.15) is 22.8 Å². The number of amides is 1. The van der Waals surface area contributed by atoms with Gasteiger partial charge in [0.1, 0.15) is 11.0 Å². The highest BCUT2D eigenvalue weighted by molar-refractivity contribution is 6.34. The van der Waals surface area contributed by atoms with Gasteiger partial charge in [-0.05, 0) is 54.4 Å². The van der Waals surface area contributed by atoms with Gasteiger partial charge in [-0.3, -0.25) is 4.79 Å². The van der Waals surface area contributed by atoms with Gasteiger partial charge in [0.2, 0.25) is 0 Å². The Morgan fingerprint density at radius 2 is 1.74 bits per heavy atom. The molecule has 27 heavy (non-hydrogen) atoms. The van der Waals surface area contributed by atoms with E-state index in [9.17, 15) is 4.79 Å². The van der Waals surface area contributed by atoms with Gasteiger partial charge in [-0.1, -0.05) is 42.8 Å². The van der Waals surface area contributed by atoms with Crippen molar-refractivity contribution in [3.05, 3.63) is 82.9 Å². The van der Waals surface area contributed by atoms with E-state index in [2.05, 4.69) is 34.6 Å². The van der Waals surface area contributed by atoms with E-state index in [0.717, 1.165) is 17.6 Å². The number of rotatable bonds is 4. The molecule has 5 nitrogen and oxygen atoms in total. The van der Waals surface area contributed by atoms with Crippen molar-refractivity contribution in [3.63, 3.8) is 0 Å². The molecule has 0 aliphatic rings. The lowest BCUT2D eigenvalue weighted by Crippen LogP contribution is -2.12. The van der Waals surface area contributed by atoms with Gasteiger partial charge < -0.3 is 5.32 Å². The van der Waals surface area contributed by atoms with E-state index < -0.39 is 0 Å². The molecular formula is C21H17ClN4O. The third-order valence-electron chi connectivity index (χ3n) is 4.33. The summed E-state index contributed by atoms with van der Waals surface area (Å²) in [5, 5.41) is 12.3. The molecule has 0 aliphatic heterocycles. The third-order valence-corrected chi connectivity index (χ3v) is 4.66. The van der Waals surface area contributed by atoms with Gasteiger partial charge in [0.05, 0.1) is 16.3 Å². The molecule has 0 spiro atoms. The zero-order chi connectivity index (χ0) is 18.8. The first-order valence-corrected chi connectivity index (χ1v) is 9.04. The van der Waals surface area contributed by atoms with Crippen molar-refractivity contribution in [2.75, 3.05) is 5.32 Å². The van der Waals surface area contributed by atoms with E-state index in [1.54, 1.807) is 41.2 Å². The van der Waals surface area contributed by atoms with Crippen LogP contribution < -0.4 is 5.32 Å². The zero-order valence-electron chi connectivity index (χ0n) is 14.7. The maximum absolute atomic E-state index is 12.4. The highest BCUT2D eigenvalue weighted by Crippen LogP contribution is 2.20. The molecule has 0 aliphatic carbocycles. The number of nitrogens with zero attached hydrogens (tertiary/aromatic N) is 3. The highest BCUT2D eigenvalue weighted by Gasteiger charge is 2.11. The van der Waals surface area contributed by atoms with Crippen LogP contribution in [-0.2, 0) is 6.42 Å². The third kappa shape index (κ3) is 3.55. The molecule has 0 saturated carbocycles. The van der Waals surface area contributed by atoms with E-state index in [0.29, 0.717) is 21.8 Å². The molecule has 3 aromatic carbocycles. The first kappa shape index (κ1) is 17.2. The van der Waals surface area contributed by atoms with Gasteiger partial charge >= 0.3 is 0 Å². The Balaban J connectivity index is 1.60. The number of nitrogens with one attached hydrogen (secondary N) is 1. The van der Waals surface area contributed by atoms with Gasteiger partial charge in [-0.25, -0.2) is 0 Å². The smallest absolute Gasteiger partial charge is 0.257 e. The quantitative estimate of drug-likeness (QED) is 0.551. The molecule has 0 unspecified atom stereocenters. The molecule has 6 heteroatoms. The Labute approximate surface area is 161 Å². The SMILES string of the molecule is CCc1ccc(-n2nc3ccc(NC(=O)c4ccccc4Cl)cc3n2)cc1. The minimum atomic E-state index is -0.262. The summed E-state index contributed by atoms with van der Waals surface area (Å²) >= 11 is 6.09. The minimum absolute atomic E-state index is 0.262. The largest absolute Gasteiger partial charge is 0.322 e. The Hall–Kier alpha value is -3.18. The Bertz CT molecular complexity index is 1120. The number of hydrogen-bond acceptors (Lipinski definition) is 3. The number of aromatic nitrogens is 3. The molecular weight excluding hydrogens is 360 g/mol. The molecule has 4 aromatic rings.